The third-order valence-electron chi connectivity index (χ3n) is 3.09. The standard InChI is InChI=1S/C15H15N3O/c1-15(2,11-16)14-5-3-12(4-6-14)8-18-9-13(10-19)7-17-18/h3-7,9-10H,8H2,1-2H3. The van der Waals surface area contributed by atoms with Crippen LogP contribution in [-0.4, -0.2) is 16.1 Å². The molecule has 4 heteroatoms. The summed E-state index contributed by atoms with van der Waals surface area (Å²) in [6.45, 7) is 4.40. The quantitative estimate of drug-likeness (QED) is 0.787. The zero-order valence-corrected chi connectivity index (χ0v) is 11.0. The number of aromatic nitrogens is 2. The minimum Gasteiger partial charge on any atom is -0.298 e. The van der Waals surface area contributed by atoms with Crippen molar-refractivity contribution in [1.82, 2.24) is 9.78 Å². The van der Waals surface area contributed by atoms with Crippen LogP contribution in [0.5, 0.6) is 0 Å². The summed E-state index contributed by atoms with van der Waals surface area (Å²) in [5.74, 6) is 0. The average molecular weight is 253 g/mol. The molecule has 0 unspecified atom stereocenters. The fourth-order valence-electron chi connectivity index (χ4n) is 1.81. The van der Waals surface area contributed by atoms with Crippen LogP contribution in [0.2, 0.25) is 0 Å². The Morgan fingerprint density at radius 1 is 1.37 bits per heavy atom. The molecule has 0 N–H and O–H groups in total. The molecule has 0 saturated carbocycles. The van der Waals surface area contributed by atoms with Crippen molar-refractivity contribution in [3.05, 3.63) is 53.3 Å². The van der Waals surface area contributed by atoms with Crippen molar-refractivity contribution in [2.24, 2.45) is 0 Å². The van der Waals surface area contributed by atoms with E-state index in [9.17, 15) is 4.79 Å². The minimum atomic E-state index is -0.477. The van der Waals surface area contributed by atoms with E-state index < -0.39 is 5.41 Å². The Morgan fingerprint density at radius 3 is 2.58 bits per heavy atom. The van der Waals surface area contributed by atoms with Gasteiger partial charge in [-0.15, -0.1) is 0 Å². The van der Waals surface area contributed by atoms with E-state index in [1.54, 1.807) is 17.1 Å². The summed E-state index contributed by atoms with van der Waals surface area (Å²) in [5.41, 5.74) is 2.17. The second-order valence-corrected chi connectivity index (χ2v) is 5.02. The number of nitrogens with zero attached hydrogens (tertiary/aromatic N) is 3. The van der Waals surface area contributed by atoms with Gasteiger partial charge in [0.05, 0.1) is 29.8 Å². The lowest BCUT2D eigenvalue weighted by molar-refractivity contribution is 0.112. The van der Waals surface area contributed by atoms with Crippen LogP contribution in [0.3, 0.4) is 0 Å². The van der Waals surface area contributed by atoms with E-state index >= 15 is 0 Å². The van der Waals surface area contributed by atoms with E-state index in [1.165, 1.54) is 0 Å². The molecule has 0 atom stereocenters. The molecule has 0 amide bonds. The second kappa shape index (κ2) is 5.07. The topological polar surface area (TPSA) is 58.7 Å². The molecule has 0 radical (unpaired) electrons. The lowest BCUT2D eigenvalue weighted by Gasteiger charge is -2.15. The fraction of sp³-hybridized carbons (Fsp3) is 0.267. The van der Waals surface area contributed by atoms with Gasteiger partial charge in [0.1, 0.15) is 0 Å². The maximum absolute atomic E-state index is 10.6. The fourth-order valence-corrected chi connectivity index (χ4v) is 1.81. The summed E-state index contributed by atoms with van der Waals surface area (Å²) in [5, 5.41) is 13.2. The summed E-state index contributed by atoms with van der Waals surface area (Å²) >= 11 is 0. The lowest BCUT2D eigenvalue weighted by atomic mass is 9.86. The molecule has 2 aromatic rings. The van der Waals surface area contributed by atoms with Gasteiger partial charge in [-0.3, -0.25) is 9.48 Å². The van der Waals surface area contributed by atoms with Crippen molar-refractivity contribution < 1.29 is 4.79 Å². The summed E-state index contributed by atoms with van der Waals surface area (Å²) in [4.78, 5) is 10.6. The van der Waals surface area contributed by atoms with E-state index in [0.717, 1.165) is 17.4 Å². The van der Waals surface area contributed by atoms with E-state index in [-0.39, 0.29) is 0 Å². The van der Waals surface area contributed by atoms with Crippen molar-refractivity contribution >= 4 is 6.29 Å². The molecule has 0 aliphatic heterocycles. The van der Waals surface area contributed by atoms with Gasteiger partial charge >= 0.3 is 0 Å². The smallest absolute Gasteiger partial charge is 0.153 e. The number of hydrogen-bond acceptors (Lipinski definition) is 3. The van der Waals surface area contributed by atoms with Crippen molar-refractivity contribution in [2.75, 3.05) is 0 Å². The average Bonchev–Trinajstić information content (AvgIpc) is 2.87. The van der Waals surface area contributed by atoms with Crippen LogP contribution in [0.4, 0.5) is 0 Å². The molecule has 96 valence electrons. The molecule has 0 spiro atoms. The predicted molar refractivity (Wildman–Crippen MR) is 71.8 cm³/mol. The Balaban J connectivity index is 2.15. The highest BCUT2D eigenvalue weighted by Crippen LogP contribution is 2.22. The molecule has 1 heterocycles. The van der Waals surface area contributed by atoms with Gasteiger partial charge in [-0.25, -0.2) is 0 Å². The Morgan fingerprint density at radius 2 is 2.05 bits per heavy atom. The maximum Gasteiger partial charge on any atom is 0.153 e. The SMILES string of the molecule is CC(C)(C#N)c1ccc(Cn2cc(C=O)cn2)cc1. The normalized spacial score (nSPS) is 11.0. The molecule has 0 aliphatic rings. The summed E-state index contributed by atoms with van der Waals surface area (Å²) in [6, 6.07) is 10.2. The maximum atomic E-state index is 10.6. The first-order valence-electron chi connectivity index (χ1n) is 6.03. The lowest BCUT2D eigenvalue weighted by Crippen LogP contribution is -2.13. The number of aldehydes is 1. The van der Waals surface area contributed by atoms with Gasteiger partial charge in [0.25, 0.3) is 0 Å². The number of nitriles is 1. The van der Waals surface area contributed by atoms with Crippen LogP contribution in [-0.2, 0) is 12.0 Å². The van der Waals surface area contributed by atoms with Crippen LogP contribution in [0.25, 0.3) is 0 Å². The van der Waals surface area contributed by atoms with Crippen molar-refractivity contribution in [2.45, 2.75) is 25.8 Å². The minimum absolute atomic E-state index is 0.477. The van der Waals surface area contributed by atoms with Crippen molar-refractivity contribution in [3.8, 4) is 6.07 Å². The van der Waals surface area contributed by atoms with Gasteiger partial charge in [-0.05, 0) is 25.0 Å². The van der Waals surface area contributed by atoms with Crippen LogP contribution in [0.1, 0.15) is 35.3 Å². The van der Waals surface area contributed by atoms with E-state index in [0.29, 0.717) is 12.1 Å². The van der Waals surface area contributed by atoms with Gasteiger partial charge in [0.2, 0.25) is 0 Å². The molecular weight excluding hydrogens is 238 g/mol. The summed E-state index contributed by atoms with van der Waals surface area (Å²) < 4.78 is 1.72. The molecule has 4 nitrogen and oxygen atoms in total. The molecule has 0 saturated heterocycles. The molecule has 2 rings (SSSR count). The zero-order chi connectivity index (χ0) is 13.9. The number of carbonyl (C=O) groups excluding carboxylic acids is 1. The second-order valence-electron chi connectivity index (χ2n) is 5.02. The third kappa shape index (κ3) is 2.89. The van der Waals surface area contributed by atoms with Crippen LogP contribution >= 0.6 is 0 Å². The number of hydrogen-bond donors (Lipinski definition) is 0. The van der Waals surface area contributed by atoms with Gasteiger partial charge in [0.15, 0.2) is 6.29 Å². The predicted octanol–water partition coefficient (Wildman–Crippen LogP) is 2.55. The number of benzene rings is 1. The van der Waals surface area contributed by atoms with Gasteiger partial charge in [-0.2, -0.15) is 10.4 Å². The summed E-state index contributed by atoms with van der Waals surface area (Å²) in [6.07, 6.45) is 4.03. The van der Waals surface area contributed by atoms with Crippen molar-refractivity contribution in [3.63, 3.8) is 0 Å². The largest absolute Gasteiger partial charge is 0.298 e. The molecule has 19 heavy (non-hydrogen) atoms. The Hall–Kier alpha value is -2.41. The molecule has 0 fully saturated rings. The Bertz CT molecular complexity index is 618. The highest BCUT2D eigenvalue weighted by molar-refractivity contribution is 5.73. The van der Waals surface area contributed by atoms with E-state index in [4.69, 9.17) is 5.26 Å². The number of rotatable bonds is 4. The molecule has 0 bridgehead atoms. The van der Waals surface area contributed by atoms with E-state index in [2.05, 4.69) is 11.2 Å². The molecule has 1 aromatic carbocycles. The first-order valence-corrected chi connectivity index (χ1v) is 6.03. The van der Waals surface area contributed by atoms with Gasteiger partial charge in [0, 0.05) is 6.20 Å². The Labute approximate surface area is 112 Å². The van der Waals surface area contributed by atoms with Crippen LogP contribution in [0.15, 0.2) is 36.7 Å². The highest BCUT2D eigenvalue weighted by atomic mass is 16.1. The Kier molecular flexibility index (Phi) is 3.48. The zero-order valence-electron chi connectivity index (χ0n) is 11.0. The third-order valence-corrected chi connectivity index (χ3v) is 3.09. The van der Waals surface area contributed by atoms with Gasteiger partial charge < -0.3 is 0 Å². The van der Waals surface area contributed by atoms with Gasteiger partial charge in [-0.1, -0.05) is 24.3 Å². The highest BCUT2D eigenvalue weighted by Gasteiger charge is 2.19. The van der Waals surface area contributed by atoms with Crippen LogP contribution in [0, 0.1) is 11.3 Å². The molecular formula is C15H15N3O. The first kappa shape index (κ1) is 13.0. The van der Waals surface area contributed by atoms with Crippen LogP contribution < -0.4 is 0 Å². The van der Waals surface area contributed by atoms with Crippen molar-refractivity contribution in [1.29, 1.82) is 5.26 Å². The molecule has 0 aliphatic carbocycles. The number of carbonyl (C=O) groups is 1. The molecule has 1 aromatic heterocycles. The summed E-state index contributed by atoms with van der Waals surface area (Å²) in [7, 11) is 0. The van der Waals surface area contributed by atoms with E-state index in [1.807, 2.05) is 38.1 Å². The monoisotopic (exact) mass is 253 g/mol. The first-order chi connectivity index (χ1) is 9.05.